The standard InChI is InChI=1S/C14H18FN5S/c1-2-10(16)13(8-4-3-5-9(15)6-8)21-14-19-11(17)7-12(18)20-14/h3-7,10,13H,2,16H2,1H3,(H4,17,18,19,20). The third-order valence-corrected chi connectivity index (χ3v) is 4.28. The van der Waals surface area contributed by atoms with Crippen LogP contribution in [-0.2, 0) is 0 Å². The van der Waals surface area contributed by atoms with E-state index in [9.17, 15) is 4.39 Å². The molecule has 1 aromatic carbocycles. The van der Waals surface area contributed by atoms with Gasteiger partial charge in [-0.25, -0.2) is 14.4 Å². The van der Waals surface area contributed by atoms with E-state index in [1.165, 1.54) is 30.0 Å². The van der Waals surface area contributed by atoms with Crippen molar-refractivity contribution in [3.63, 3.8) is 0 Å². The van der Waals surface area contributed by atoms with Crippen LogP contribution in [0, 0.1) is 5.82 Å². The lowest BCUT2D eigenvalue weighted by molar-refractivity contribution is 0.609. The molecule has 0 aliphatic heterocycles. The van der Waals surface area contributed by atoms with Crippen molar-refractivity contribution in [2.24, 2.45) is 5.73 Å². The van der Waals surface area contributed by atoms with E-state index in [-0.39, 0.29) is 17.1 Å². The Hall–Kier alpha value is -1.86. The highest BCUT2D eigenvalue weighted by Crippen LogP contribution is 2.37. The number of aromatic nitrogens is 2. The molecule has 2 atom stereocenters. The zero-order valence-corrected chi connectivity index (χ0v) is 12.5. The van der Waals surface area contributed by atoms with Crippen molar-refractivity contribution in [2.75, 3.05) is 11.5 Å². The molecule has 0 aliphatic rings. The summed E-state index contributed by atoms with van der Waals surface area (Å²) in [5, 5.41) is 0.262. The second kappa shape index (κ2) is 6.73. The summed E-state index contributed by atoms with van der Waals surface area (Å²) >= 11 is 1.34. The number of halogens is 1. The molecule has 5 nitrogen and oxygen atoms in total. The third kappa shape index (κ3) is 4.05. The molecule has 0 fully saturated rings. The highest BCUT2D eigenvalue weighted by Gasteiger charge is 2.22. The molecule has 112 valence electrons. The van der Waals surface area contributed by atoms with E-state index < -0.39 is 0 Å². The highest BCUT2D eigenvalue weighted by molar-refractivity contribution is 7.99. The van der Waals surface area contributed by atoms with Gasteiger partial charge in [0.15, 0.2) is 5.16 Å². The first kappa shape index (κ1) is 15.5. The number of benzene rings is 1. The van der Waals surface area contributed by atoms with Gasteiger partial charge in [0.1, 0.15) is 17.5 Å². The maximum absolute atomic E-state index is 13.4. The Bertz CT molecular complexity index is 602. The molecule has 2 rings (SSSR count). The summed E-state index contributed by atoms with van der Waals surface area (Å²) < 4.78 is 13.4. The normalized spacial score (nSPS) is 13.9. The van der Waals surface area contributed by atoms with E-state index in [0.29, 0.717) is 16.8 Å². The molecule has 0 aliphatic carbocycles. The van der Waals surface area contributed by atoms with Crippen molar-refractivity contribution in [3.05, 3.63) is 41.7 Å². The van der Waals surface area contributed by atoms with E-state index >= 15 is 0 Å². The maximum Gasteiger partial charge on any atom is 0.192 e. The lowest BCUT2D eigenvalue weighted by Crippen LogP contribution is -2.26. The molecular formula is C14H18FN5S. The van der Waals surface area contributed by atoms with E-state index in [2.05, 4.69) is 9.97 Å². The second-order valence-corrected chi connectivity index (χ2v) is 5.77. The van der Waals surface area contributed by atoms with Gasteiger partial charge in [-0.1, -0.05) is 30.8 Å². The largest absolute Gasteiger partial charge is 0.383 e. The van der Waals surface area contributed by atoms with Crippen LogP contribution in [0.15, 0.2) is 35.5 Å². The van der Waals surface area contributed by atoms with Gasteiger partial charge in [-0.2, -0.15) is 0 Å². The van der Waals surface area contributed by atoms with Crippen molar-refractivity contribution < 1.29 is 4.39 Å². The van der Waals surface area contributed by atoms with Crippen LogP contribution in [-0.4, -0.2) is 16.0 Å². The second-order valence-electron chi connectivity index (χ2n) is 4.67. The zero-order valence-electron chi connectivity index (χ0n) is 11.7. The van der Waals surface area contributed by atoms with Gasteiger partial charge in [0.05, 0.1) is 5.25 Å². The number of rotatable bonds is 5. The van der Waals surface area contributed by atoms with Crippen LogP contribution in [0.5, 0.6) is 0 Å². The minimum atomic E-state index is -0.297. The fourth-order valence-corrected chi connectivity index (χ4v) is 3.12. The number of nitrogens with two attached hydrogens (primary N) is 3. The zero-order chi connectivity index (χ0) is 15.4. The minimum Gasteiger partial charge on any atom is -0.383 e. The number of nitrogens with zero attached hydrogens (tertiary/aromatic N) is 2. The van der Waals surface area contributed by atoms with Crippen molar-refractivity contribution in [1.29, 1.82) is 0 Å². The van der Waals surface area contributed by atoms with Crippen LogP contribution in [0.2, 0.25) is 0 Å². The van der Waals surface area contributed by atoms with Crippen molar-refractivity contribution in [2.45, 2.75) is 29.8 Å². The first-order chi connectivity index (χ1) is 9.99. The molecule has 21 heavy (non-hydrogen) atoms. The first-order valence-corrected chi connectivity index (χ1v) is 7.45. The summed E-state index contributed by atoms with van der Waals surface area (Å²) in [7, 11) is 0. The van der Waals surface area contributed by atoms with Gasteiger partial charge in [-0.05, 0) is 24.1 Å². The molecule has 6 N–H and O–H groups in total. The van der Waals surface area contributed by atoms with E-state index in [0.717, 1.165) is 12.0 Å². The molecule has 1 aromatic heterocycles. The minimum absolute atomic E-state index is 0.164. The number of thioether (sulfide) groups is 1. The Morgan fingerprint density at radius 3 is 2.43 bits per heavy atom. The third-order valence-electron chi connectivity index (χ3n) is 3.02. The Balaban J connectivity index is 2.32. The number of hydrogen-bond donors (Lipinski definition) is 3. The van der Waals surface area contributed by atoms with Crippen LogP contribution in [0.1, 0.15) is 24.2 Å². The predicted octanol–water partition coefficient (Wildman–Crippen LogP) is 2.35. The topological polar surface area (TPSA) is 104 Å². The fourth-order valence-electron chi connectivity index (χ4n) is 1.93. The molecule has 0 bridgehead atoms. The molecule has 0 radical (unpaired) electrons. The van der Waals surface area contributed by atoms with Crippen molar-refractivity contribution >= 4 is 23.4 Å². The lowest BCUT2D eigenvalue weighted by Gasteiger charge is -2.22. The SMILES string of the molecule is CCC(N)C(Sc1nc(N)cc(N)n1)c1cccc(F)c1. The van der Waals surface area contributed by atoms with Crippen molar-refractivity contribution in [1.82, 2.24) is 9.97 Å². The van der Waals surface area contributed by atoms with Gasteiger partial charge in [0.25, 0.3) is 0 Å². The van der Waals surface area contributed by atoms with Gasteiger partial charge < -0.3 is 17.2 Å². The highest BCUT2D eigenvalue weighted by atomic mass is 32.2. The molecule has 0 saturated heterocycles. The fraction of sp³-hybridized carbons (Fsp3) is 0.286. The molecule has 0 amide bonds. The summed E-state index contributed by atoms with van der Waals surface area (Å²) in [6, 6.07) is 7.70. The van der Waals surface area contributed by atoms with Crippen LogP contribution >= 0.6 is 11.8 Å². The average molecular weight is 307 g/mol. The van der Waals surface area contributed by atoms with Gasteiger partial charge in [-0.3, -0.25) is 0 Å². The van der Waals surface area contributed by atoms with Gasteiger partial charge in [0.2, 0.25) is 0 Å². The van der Waals surface area contributed by atoms with E-state index in [1.807, 2.05) is 13.0 Å². The Kier molecular flexibility index (Phi) is 4.98. The summed E-state index contributed by atoms with van der Waals surface area (Å²) in [5.41, 5.74) is 18.3. The first-order valence-electron chi connectivity index (χ1n) is 6.57. The summed E-state index contributed by atoms with van der Waals surface area (Å²) in [6.07, 6.45) is 0.742. The summed E-state index contributed by atoms with van der Waals surface area (Å²) in [6.45, 7) is 1.98. The molecule has 2 unspecified atom stereocenters. The number of nitrogen functional groups attached to an aromatic ring is 2. The summed E-state index contributed by atoms with van der Waals surface area (Å²) in [5.74, 6) is 0.301. The van der Waals surface area contributed by atoms with Gasteiger partial charge in [-0.15, -0.1) is 0 Å². The number of hydrogen-bond acceptors (Lipinski definition) is 6. The van der Waals surface area contributed by atoms with E-state index in [4.69, 9.17) is 17.2 Å². The molecule has 0 saturated carbocycles. The molecule has 7 heteroatoms. The Morgan fingerprint density at radius 1 is 1.19 bits per heavy atom. The van der Waals surface area contributed by atoms with Crippen LogP contribution < -0.4 is 17.2 Å². The van der Waals surface area contributed by atoms with Gasteiger partial charge >= 0.3 is 0 Å². The lowest BCUT2D eigenvalue weighted by atomic mass is 10.0. The average Bonchev–Trinajstić information content (AvgIpc) is 2.43. The molecule has 2 aromatic rings. The molecule has 1 heterocycles. The Morgan fingerprint density at radius 2 is 1.86 bits per heavy atom. The maximum atomic E-state index is 13.4. The predicted molar refractivity (Wildman–Crippen MR) is 84.1 cm³/mol. The smallest absolute Gasteiger partial charge is 0.192 e. The van der Waals surface area contributed by atoms with Crippen LogP contribution in [0.25, 0.3) is 0 Å². The van der Waals surface area contributed by atoms with Crippen LogP contribution in [0.4, 0.5) is 16.0 Å². The van der Waals surface area contributed by atoms with E-state index in [1.54, 1.807) is 6.07 Å². The van der Waals surface area contributed by atoms with Crippen LogP contribution in [0.3, 0.4) is 0 Å². The Labute approximate surface area is 127 Å². The number of anilines is 2. The summed E-state index contributed by atoms with van der Waals surface area (Å²) in [4.78, 5) is 8.28. The van der Waals surface area contributed by atoms with Crippen molar-refractivity contribution in [3.8, 4) is 0 Å². The monoisotopic (exact) mass is 307 g/mol. The van der Waals surface area contributed by atoms with Gasteiger partial charge in [0, 0.05) is 12.1 Å². The molecular weight excluding hydrogens is 289 g/mol. The quantitative estimate of drug-likeness (QED) is 0.578. The molecule has 0 spiro atoms.